The maximum absolute atomic E-state index is 6.76. The number of benzene rings is 5. The van der Waals surface area contributed by atoms with Gasteiger partial charge in [-0.1, -0.05) is 66.7 Å². The third-order valence-electron chi connectivity index (χ3n) is 7.43. The number of hydrogen-bond donors (Lipinski definition) is 0. The molecule has 0 fully saturated rings. The Hall–Kier alpha value is -4.17. The number of ether oxygens (including phenoxy) is 1. The number of rotatable bonds is 1. The first kappa shape index (κ1) is 19.3. The number of nitrogens with zero attached hydrogens (tertiary/aromatic N) is 1. The molecule has 1 aliphatic rings. The molecule has 1 aliphatic heterocycles. The SMILES string of the molecule is Cc1c2c(c(C)c3ccccc13)-c1c3c(cc4cc(-c5ccccc5)ccc4c3cc[n+]1C)O2. The molecule has 0 radical (unpaired) electrons. The number of pyridine rings is 1. The van der Waals surface area contributed by atoms with Gasteiger partial charge in [-0.15, -0.1) is 0 Å². The zero-order chi connectivity index (χ0) is 23.0. The van der Waals surface area contributed by atoms with Crippen LogP contribution in [0.15, 0.2) is 91.1 Å². The van der Waals surface area contributed by atoms with Crippen LogP contribution in [0, 0.1) is 13.8 Å². The van der Waals surface area contributed by atoms with Crippen LogP contribution in [0.4, 0.5) is 0 Å². The normalized spacial score (nSPS) is 12.2. The fourth-order valence-electron chi connectivity index (χ4n) is 5.73. The highest BCUT2D eigenvalue weighted by atomic mass is 16.5. The maximum atomic E-state index is 6.76. The molecular weight excluding hydrogens is 414 g/mol. The summed E-state index contributed by atoms with van der Waals surface area (Å²) in [6.07, 6.45) is 2.19. The topological polar surface area (TPSA) is 13.1 Å². The molecule has 0 aliphatic carbocycles. The molecule has 0 unspecified atom stereocenters. The highest BCUT2D eigenvalue weighted by Gasteiger charge is 2.32. The van der Waals surface area contributed by atoms with Gasteiger partial charge in [0.05, 0.1) is 10.9 Å². The van der Waals surface area contributed by atoms with Gasteiger partial charge < -0.3 is 4.74 Å². The van der Waals surface area contributed by atoms with Crippen molar-refractivity contribution in [2.75, 3.05) is 0 Å². The summed E-state index contributed by atoms with van der Waals surface area (Å²) >= 11 is 0. The molecule has 5 aromatic carbocycles. The fraction of sp³-hybridized carbons (Fsp3) is 0.0938. The summed E-state index contributed by atoms with van der Waals surface area (Å²) in [6, 6.07) is 30.4. The van der Waals surface area contributed by atoms with Crippen molar-refractivity contribution in [2.45, 2.75) is 13.8 Å². The average molecular weight is 439 g/mol. The van der Waals surface area contributed by atoms with Gasteiger partial charge in [0, 0.05) is 17.0 Å². The Morgan fingerprint density at radius 3 is 2.18 bits per heavy atom. The van der Waals surface area contributed by atoms with Crippen LogP contribution < -0.4 is 9.30 Å². The lowest BCUT2D eigenvalue weighted by atomic mass is 9.88. The van der Waals surface area contributed by atoms with E-state index < -0.39 is 0 Å². The first-order chi connectivity index (χ1) is 16.6. The van der Waals surface area contributed by atoms with Crippen molar-refractivity contribution in [3.8, 4) is 33.9 Å². The van der Waals surface area contributed by atoms with Crippen LogP contribution in [0.25, 0.3) is 54.7 Å². The summed E-state index contributed by atoms with van der Waals surface area (Å²) in [6.45, 7) is 4.40. The highest BCUT2D eigenvalue weighted by molar-refractivity contribution is 6.16. The van der Waals surface area contributed by atoms with Gasteiger partial charge in [0.1, 0.15) is 18.5 Å². The first-order valence-electron chi connectivity index (χ1n) is 11.8. The lowest BCUT2D eigenvalue weighted by Gasteiger charge is -2.24. The van der Waals surface area contributed by atoms with E-state index in [1.807, 2.05) is 0 Å². The van der Waals surface area contributed by atoms with Gasteiger partial charge in [0.15, 0.2) is 6.20 Å². The van der Waals surface area contributed by atoms with Crippen LogP contribution >= 0.6 is 0 Å². The molecular formula is C32H24NO+. The minimum atomic E-state index is 0.934. The Kier molecular flexibility index (Phi) is 3.93. The third kappa shape index (κ3) is 2.54. The van der Waals surface area contributed by atoms with E-state index in [0.29, 0.717) is 0 Å². The van der Waals surface area contributed by atoms with Crippen molar-refractivity contribution in [2.24, 2.45) is 7.05 Å². The predicted octanol–water partition coefficient (Wildman–Crippen LogP) is 8.03. The lowest BCUT2D eigenvalue weighted by molar-refractivity contribution is -0.659. The van der Waals surface area contributed by atoms with Crippen LogP contribution in [-0.4, -0.2) is 0 Å². The Balaban J connectivity index is 1.59. The van der Waals surface area contributed by atoms with Crippen LogP contribution in [0.2, 0.25) is 0 Å². The largest absolute Gasteiger partial charge is 0.455 e. The van der Waals surface area contributed by atoms with Gasteiger partial charge in [-0.25, -0.2) is 4.57 Å². The smallest absolute Gasteiger partial charge is 0.228 e. The van der Waals surface area contributed by atoms with Gasteiger partial charge in [-0.2, -0.15) is 0 Å². The Bertz CT molecular complexity index is 1800. The van der Waals surface area contributed by atoms with E-state index in [9.17, 15) is 0 Å². The Morgan fingerprint density at radius 2 is 1.38 bits per heavy atom. The van der Waals surface area contributed by atoms with Crippen LogP contribution in [0.5, 0.6) is 11.5 Å². The van der Waals surface area contributed by atoms with Gasteiger partial charge in [-0.05, 0) is 64.2 Å². The van der Waals surface area contributed by atoms with Crippen molar-refractivity contribution < 1.29 is 9.30 Å². The summed E-state index contributed by atoms with van der Waals surface area (Å²) in [5.74, 6) is 1.91. The van der Waals surface area contributed by atoms with Crippen molar-refractivity contribution in [3.63, 3.8) is 0 Å². The average Bonchev–Trinajstić information content (AvgIpc) is 2.88. The zero-order valence-electron chi connectivity index (χ0n) is 19.5. The molecule has 6 aromatic rings. The van der Waals surface area contributed by atoms with Gasteiger partial charge in [0.2, 0.25) is 5.69 Å². The van der Waals surface area contributed by atoms with E-state index in [1.165, 1.54) is 65.8 Å². The minimum Gasteiger partial charge on any atom is -0.455 e. The second-order valence-corrected chi connectivity index (χ2v) is 9.34. The standard InChI is InChI=1S/C32H24NO/c1-19-24-11-7-8-12-25(24)20(2)32-29(19)31-30-27(15-16-33(31)3)26-14-13-22(21-9-5-4-6-10-21)17-23(26)18-28(30)34-32/h4-18H,1-3H3/q+1. The molecule has 2 heteroatoms. The van der Waals surface area contributed by atoms with Crippen LogP contribution in [-0.2, 0) is 7.05 Å². The Morgan fingerprint density at radius 1 is 0.647 bits per heavy atom. The molecule has 0 saturated heterocycles. The minimum absolute atomic E-state index is 0.934. The van der Waals surface area contributed by atoms with E-state index in [0.717, 1.165) is 11.5 Å². The molecule has 162 valence electrons. The fourth-order valence-corrected chi connectivity index (χ4v) is 5.73. The molecule has 0 spiro atoms. The lowest BCUT2D eigenvalue weighted by Crippen LogP contribution is -2.32. The molecule has 2 heterocycles. The van der Waals surface area contributed by atoms with E-state index in [1.54, 1.807) is 0 Å². The van der Waals surface area contributed by atoms with Crippen molar-refractivity contribution in [1.82, 2.24) is 0 Å². The van der Waals surface area contributed by atoms with Crippen LogP contribution in [0.1, 0.15) is 11.1 Å². The van der Waals surface area contributed by atoms with E-state index in [-0.39, 0.29) is 0 Å². The quantitative estimate of drug-likeness (QED) is 0.187. The second-order valence-electron chi connectivity index (χ2n) is 9.34. The summed E-state index contributed by atoms with van der Waals surface area (Å²) in [4.78, 5) is 0. The summed E-state index contributed by atoms with van der Waals surface area (Å²) in [5, 5.41) is 7.41. The van der Waals surface area contributed by atoms with Crippen molar-refractivity contribution >= 4 is 32.3 Å². The van der Waals surface area contributed by atoms with Gasteiger partial charge in [0.25, 0.3) is 0 Å². The van der Waals surface area contributed by atoms with Crippen molar-refractivity contribution in [3.05, 3.63) is 102 Å². The second kappa shape index (κ2) is 6.91. The summed E-state index contributed by atoms with van der Waals surface area (Å²) in [7, 11) is 2.14. The molecule has 34 heavy (non-hydrogen) atoms. The maximum Gasteiger partial charge on any atom is 0.228 e. The molecule has 0 amide bonds. The number of aryl methyl sites for hydroxylation is 3. The van der Waals surface area contributed by atoms with E-state index >= 15 is 0 Å². The molecule has 2 nitrogen and oxygen atoms in total. The first-order valence-corrected chi connectivity index (χ1v) is 11.8. The molecule has 0 atom stereocenters. The summed E-state index contributed by atoms with van der Waals surface area (Å²) in [5.41, 5.74) is 7.34. The van der Waals surface area contributed by atoms with Crippen LogP contribution in [0.3, 0.4) is 0 Å². The highest BCUT2D eigenvalue weighted by Crippen LogP contribution is 2.51. The number of hydrogen-bond acceptors (Lipinski definition) is 1. The molecule has 0 bridgehead atoms. The number of fused-ring (bicyclic) bond motifs is 5. The zero-order valence-corrected chi connectivity index (χ0v) is 19.5. The summed E-state index contributed by atoms with van der Waals surface area (Å²) < 4.78 is 9.01. The molecule has 0 N–H and O–H groups in total. The predicted molar refractivity (Wildman–Crippen MR) is 141 cm³/mol. The number of aromatic nitrogens is 1. The van der Waals surface area contributed by atoms with E-state index in [4.69, 9.17) is 4.74 Å². The molecule has 1 aromatic heterocycles. The third-order valence-corrected chi connectivity index (χ3v) is 7.43. The van der Waals surface area contributed by atoms with Gasteiger partial charge in [-0.3, -0.25) is 0 Å². The Labute approximate surface area is 198 Å². The van der Waals surface area contributed by atoms with E-state index in [2.05, 4.69) is 117 Å². The monoisotopic (exact) mass is 438 g/mol. The van der Waals surface area contributed by atoms with Crippen molar-refractivity contribution in [1.29, 1.82) is 0 Å². The molecule has 7 rings (SSSR count). The molecule has 0 saturated carbocycles. The van der Waals surface area contributed by atoms with Gasteiger partial charge >= 0.3 is 0 Å².